The van der Waals surface area contributed by atoms with Crippen LogP contribution in [0.3, 0.4) is 0 Å². The lowest BCUT2D eigenvalue weighted by Gasteiger charge is -2.07. The Hall–Kier alpha value is -4.94. The van der Waals surface area contributed by atoms with E-state index in [2.05, 4.69) is 25.0 Å². The first-order valence-electron chi connectivity index (χ1n) is 12.5. The van der Waals surface area contributed by atoms with Gasteiger partial charge in [0.1, 0.15) is 11.5 Å². The quantitative estimate of drug-likeness (QED) is 0.219. The molecule has 0 saturated carbocycles. The fourth-order valence-electron chi connectivity index (χ4n) is 4.17. The third kappa shape index (κ3) is 6.04. The lowest BCUT2D eigenvalue weighted by Crippen LogP contribution is -2.19. The van der Waals surface area contributed by atoms with E-state index in [9.17, 15) is 13.2 Å². The van der Waals surface area contributed by atoms with Gasteiger partial charge in [-0.3, -0.25) is 19.6 Å². The number of sulfonamides is 1. The molecule has 5 rings (SSSR count). The number of hydrogen-bond acceptors (Lipinski definition) is 8. The highest BCUT2D eigenvalue weighted by Crippen LogP contribution is 2.26. The van der Waals surface area contributed by atoms with E-state index in [4.69, 9.17) is 21.1 Å². The van der Waals surface area contributed by atoms with Gasteiger partial charge < -0.3 is 9.47 Å². The Morgan fingerprint density at radius 2 is 1.50 bits per heavy atom. The largest absolute Gasteiger partial charge is 0.497 e. The van der Waals surface area contributed by atoms with Gasteiger partial charge in [-0.05, 0) is 91.9 Å². The van der Waals surface area contributed by atoms with Gasteiger partial charge in [0.15, 0.2) is 11.0 Å². The fourth-order valence-corrected chi connectivity index (χ4v) is 5.27. The predicted molar refractivity (Wildman–Crippen MR) is 161 cm³/mol. The Kier molecular flexibility index (Phi) is 8.09. The van der Waals surface area contributed by atoms with Gasteiger partial charge in [0.25, 0.3) is 15.6 Å². The maximum absolute atomic E-state index is 13.7. The first-order valence-corrected chi connectivity index (χ1v) is 14.4. The Labute approximate surface area is 246 Å². The molecular weight excluding hydrogens is 580 g/mol. The van der Waals surface area contributed by atoms with Crippen LogP contribution in [-0.4, -0.2) is 48.3 Å². The molecular formula is C29H25ClN6O5S. The minimum Gasteiger partial charge on any atom is -0.497 e. The second-order valence-corrected chi connectivity index (χ2v) is 11.0. The van der Waals surface area contributed by atoms with Gasteiger partial charge in [-0.25, -0.2) is 13.1 Å². The molecule has 0 aliphatic heterocycles. The number of anilines is 1. The molecule has 2 aromatic heterocycles. The standard InChI is InChI=1S/C29H25ClN6O5S/c1-18(31-20-6-14-24(15-7-20)42(38,39)35-26-17-16-25(30)32-33-26)27-28(19-4-10-22(40-2)11-5-19)34-36(29(27)37)21-8-12-23(41-3)13-9-21/h4-17,34H,1-3H3,(H,33,35). The van der Waals surface area contributed by atoms with Gasteiger partial charge in [-0.2, -0.15) is 0 Å². The number of aliphatic imine (C=N–C) groups is 1. The van der Waals surface area contributed by atoms with Crippen molar-refractivity contribution in [3.63, 3.8) is 0 Å². The number of rotatable bonds is 9. The zero-order valence-corrected chi connectivity index (χ0v) is 24.3. The van der Waals surface area contributed by atoms with Crippen molar-refractivity contribution in [2.75, 3.05) is 18.9 Å². The van der Waals surface area contributed by atoms with Crippen molar-refractivity contribution in [2.45, 2.75) is 11.8 Å². The van der Waals surface area contributed by atoms with E-state index in [1.807, 2.05) is 12.1 Å². The summed E-state index contributed by atoms with van der Waals surface area (Å²) in [4.78, 5) is 18.4. The number of ether oxygens (including phenoxy) is 2. The molecule has 13 heteroatoms. The smallest absolute Gasteiger partial charge is 0.280 e. The third-order valence-corrected chi connectivity index (χ3v) is 7.85. The molecule has 5 aromatic rings. The van der Waals surface area contributed by atoms with Crippen molar-refractivity contribution in [3.8, 4) is 28.4 Å². The van der Waals surface area contributed by atoms with Crippen LogP contribution in [0.15, 0.2) is 99.6 Å². The van der Waals surface area contributed by atoms with E-state index >= 15 is 0 Å². The Balaban J connectivity index is 1.51. The molecule has 0 radical (unpaired) electrons. The Morgan fingerprint density at radius 3 is 2.07 bits per heavy atom. The molecule has 0 bridgehead atoms. The van der Waals surface area contributed by atoms with Crippen LogP contribution in [0, 0.1) is 0 Å². The second-order valence-electron chi connectivity index (χ2n) is 8.97. The summed E-state index contributed by atoms with van der Waals surface area (Å²) in [7, 11) is -0.780. The number of methoxy groups -OCH3 is 2. The van der Waals surface area contributed by atoms with Crippen molar-refractivity contribution >= 4 is 38.8 Å². The molecule has 3 aromatic carbocycles. The van der Waals surface area contributed by atoms with E-state index < -0.39 is 10.0 Å². The van der Waals surface area contributed by atoms with Crippen LogP contribution in [0.4, 0.5) is 11.5 Å². The number of hydrogen-bond donors (Lipinski definition) is 2. The van der Waals surface area contributed by atoms with Crippen LogP contribution in [0.25, 0.3) is 16.9 Å². The number of H-pyrrole nitrogens is 1. The summed E-state index contributed by atoms with van der Waals surface area (Å²) in [5, 5.41) is 10.7. The lowest BCUT2D eigenvalue weighted by atomic mass is 10.0. The highest BCUT2D eigenvalue weighted by Gasteiger charge is 2.20. The van der Waals surface area contributed by atoms with Crippen LogP contribution in [0.5, 0.6) is 11.5 Å². The van der Waals surface area contributed by atoms with E-state index in [0.29, 0.717) is 39.8 Å². The van der Waals surface area contributed by atoms with Gasteiger partial charge in [0.2, 0.25) is 0 Å². The molecule has 0 spiro atoms. The molecule has 11 nitrogen and oxygen atoms in total. The SMILES string of the molecule is COc1ccc(-c2[nH]n(-c3ccc(OC)cc3)c(=O)c2C(C)=Nc2ccc(S(=O)(=O)Nc3ccc(Cl)nn3)cc2)cc1. The van der Waals surface area contributed by atoms with E-state index in [0.717, 1.165) is 5.56 Å². The monoisotopic (exact) mass is 604 g/mol. The first-order chi connectivity index (χ1) is 20.2. The maximum atomic E-state index is 13.7. The summed E-state index contributed by atoms with van der Waals surface area (Å²) in [6.45, 7) is 1.72. The van der Waals surface area contributed by atoms with Crippen LogP contribution >= 0.6 is 11.6 Å². The van der Waals surface area contributed by atoms with Crippen molar-refractivity contribution in [1.29, 1.82) is 0 Å². The minimum atomic E-state index is -3.93. The molecule has 2 heterocycles. The number of nitrogens with zero attached hydrogens (tertiary/aromatic N) is 4. The molecule has 42 heavy (non-hydrogen) atoms. The second kappa shape index (κ2) is 11.9. The number of nitrogens with one attached hydrogen (secondary N) is 2. The summed E-state index contributed by atoms with van der Waals surface area (Å²) in [5.74, 6) is 1.37. The average molecular weight is 605 g/mol. The first kappa shape index (κ1) is 28.6. The van der Waals surface area contributed by atoms with Crippen LogP contribution < -0.4 is 19.8 Å². The molecule has 0 fully saturated rings. The summed E-state index contributed by atoms with van der Waals surface area (Å²) >= 11 is 5.72. The maximum Gasteiger partial charge on any atom is 0.280 e. The number of aromatic nitrogens is 4. The van der Waals surface area contributed by atoms with Gasteiger partial charge in [0, 0.05) is 5.56 Å². The lowest BCUT2D eigenvalue weighted by molar-refractivity contribution is 0.414. The average Bonchev–Trinajstić information content (AvgIpc) is 3.35. The summed E-state index contributed by atoms with van der Waals surface area (Å²) < 4.78 is 39.9. The summed E-state index contributed by atoms with van der Waals surface area (Å²) in [5.41, 5.74) is 2.86. The van der Waals surface area contributed by atoms with Crippen LogP contribution in [0.1, 0.15) is 12.5 Å². The van der Waals surface area contributed by atoms with Gasteiger partial charge in [-0.15, -0.1) is 10.2 Å². The topological polar surface area (TPSA) is 141 Å². The van der Waals surface area contributed by atoms with Crippen molar-refractivity contribution in [1.82, 2.24) is 20.0 Å². The molecule has 0 atom stereocenters. The molecule has 0 aliphatic rings. The highest BCUT2D eigenvalue weighted by molar-refractivity contribution is 7.92. The Morgan fingerprint density at radius 1 is 0.881 bits per heavy atom. The zero-order chi connectivity index (χ0) is 29.9. The van der Waals surface area contributed by atoms with Crippen molar-refractivity contribution < 1.29 is 17.9 Å². The van der Waals surface area contributed by atoms with E-state index in [-0.39, 0.29) is 21.4 Å². The van der Waals surface area contributed by atoms with Crippen LogP contribution in [0.2, 0.25) is 5.15 Å². The number of halogens is 1. The van der Waals surface area contributed by atoms with Crippen molar-refractivity contribution in [2.24, 2.45) is 4.99 Å². The van der Waals surface area contributed by atoms with E-state index in [1.54, 1.807) is 69.7 Å². The molecule has 0 amide bonds. The van der Waals surface area contributed by atoms with Crippen LogP contribution in [-0.2, 0) is 10.0 Å². The molecule has 0 unspecified atom stereocenters. The third-order valence-electron chi connectivity index (χ3n) is 6.28. The van der Waals surface area contributed by atoms with E-state index in [1.165, 1.54) is 28.9 Å². The summed E-state index contributed by atoms with van der Waals surface area (Å²) in [6.07, 6.45) is 0. The fraction of sp³-hybridized carbons (Fsp3) is 0.103. The molecule has 214 valence electrons. The summed E-state index contributed by atoms with van der Waals surface area (Å²) in [6, 6.07) is 23.1. The molecule has 0 saturated heterocycles. The molecule has 2 N–H and O–H groups in total. The normalized spacial score (nSPS) is 11.8. The Bertz CT molecular complexity index is 1900. The number of benzene rings is 3. The zero-order valence-electron chi connectivity index (χ0n) is 22.7. The van der Waals surface area contributed by atoms with Gasteiger partial charge in [-0.1, -0.05) is 11.6 Å². The van der Waals surface area contributed by atoms with Gasteiger partial charge in [0.05, 0.1) is 47.5 Å². The van der Waals surface area contributed by atoms with Gasteiger partial charge >= 0.3 is 0 Å². The minimum absolute atomic E-state index is 0.00159. The van der Waals surface area contributed by atoms with Crippen molar-refractivity contribution in [3.05, 3.63) is 106 Å². The molecule has 0 aliphatic carbocycles. The number of aromatic amines is 1. The predicted octanol–water partition coefficient (Wildman–Crippen LogP) is 5.23. The highest BCUT2D eigenvalue weighted by atomic mass is 35.5.